The van der Waals surface area contributed by atoms with E-state index in [9.17, 15) is 9.59 Å². The highest BCUT2D eigenvalue weighted by Gasteiger charge is 2.24. The van der Waals surface area contributed by atoms with Crippen molar-refractivity contribution in [1.82, 2.24) is 19.8 Å². The highest BCUT2D eigenvalue weighted by Crippen LogP contribution is 2.24. The third kappa shape index (κ3) is 4.71. The first-order chi connectivity index (χ1) is 16.2. The van der Waals surface area contributed by atoms with Crippen LogP contribution in [0.4, 0.5) is 0 Å². The minimum absolute atomic E-state index is 0.0158. The lowest BCUT2D eigenvalue weighted by molar-refractivity contribution is 0.0938. The van der Waals surface area contributed by atoms with Crippen LogP contribution >= 0.6 is 0 Å². The van der Waals surface area contributed by atoms with E-state index in [0.717, 1.165) is 51.1 Å². The van der Waals surface area contributed by atoms with Gasteiger partial charge in [-0.2, -0.15) is 0 Å². The fourth-order valence-corrected chi connectivity index (χ4v) is 5.21. The largest absolute Gasteiger partial charge is 0.350 e. The number of carbonyl (C=O) groups excluding carboxylic acids is 1. The second-order valence-electron chi connectivity index (χ2n) is 9.26. The summed E-state index contributed by atoms with van der Waals surface area (Å²) < 4.78 is 1.84. The van der Waals surface area contributed by atoms with E-state index in [1.807, 2.05) is 10.6 Å². The summed E-state index contributed by atoms with van der Waals surface area (Å²) in [4.78, 5) is 33.4. The van der Waals surface area contributed by atoms with Crippen LogP contribution in [-0.4, -0.2) is 40.0 Å². The molecule has 2 aromatic carbocycles. The molecule has 1 fully saturated rings. The Morgan fingerprint density at radius 2 is 1.70 bits per heavy atom. The van der Waals surface area contributed by atoms with Gasteiger partial charge in [0.15, 0.2) is 0 Å². The number of carbonyl (C=O) groups is 1. The molecule has 0 radical (unpaired) electrons. The number of amides is 1. The van der Waals surface area contributed by atoms with Crippen LogP contribution in [0.25, 0.3) is 10.9 Å². The first kappa shape index (κ1) is 21.8. The zero-order chi connectivity index (χ0) is 22.6. The second-order valence-corrected chi connectivity index (χ2v) is 9.26. The Morgan fingerprint density at radius 3 is 2.52 bits per heavy atom. The molecule has 0 unspecified atom stereocenters. The van der Waals surface area contributed by atoms with Gasteiger partial charge >= 0.3 is 0 Å². The van der Waals surface area contributed by atoms with E-state index in [1.165, 1.54) is 24.8 Å². The van der Waals surface area contributed by atoms with Crippen LogP contribution in [0.5, 0.6) is 0 Å². The summed E-state index contributed by atoms with van der Waals surface area (Å²) in [6, 6.07) is 15.9. The van der Waals surface area contributed by atoms with Crippen LogP contribution in [0.3, 0.4) is 0 Å². The highest BCUT2D eigenvalue weighted by molar-refractivity contribution is 5.97. The molecule has 1 atom stereocenters. The number of benzene rings is 2. The summed E-state index contributed by atoms with van der Waals surface area (Å²) in [6.07, 6.45) is 7.62. The minimum atomic E-state index is -0.120. The maximum atomic E-state index is 13.1. The molecule has 1 N–H and O–H groups in total. The third-order valence-electron chi connectivity index (χ3n) is 7.05. The molecule has 1 aromatic heterocycles. The van der Waals surface area contributed by atoms with E-state index < -0.39 is 0 Å². The zero-order valence-electron chi connectivity index (χ0n) is 19.1. The Morgan fingerprint density at radius 1 is 0.939 bits per heavy atom. The number of nitrogens with zero attached hydrogens (tertiary/aromatic N) is 3. The lowest BCUT2D eigenvalue weighted by Gasteiger charge is -2.28. The Labute approximate surface area is 194 Å². The quantitative estimate of drug-likeness (QED) is 0.644. The summed E-state index contributed by atoms with van der Waals surface area (Å²) in [5.41, 5.74) is 2.42. The molecule has 0 bridgehead atoms. The first-order valence-corrected chi connectivity index (χ1v) is 12.3. The van der Waals surface area contributed by atoms with Crippen LogP contribution < -0.4 is 10.9 Å². The van der Waals surface area contributed by atoms with E-state index in [-0.39, 0.29) is 17.5 Å². The standard InChI is InChI=1S/C27H32N4O2/c32-26(28-19-24(30-15-8-9-16-30)20-10-4-3-5-11-20)21-13-14-22-23(18-21)29-25-12-6-1-2-7-17-31(25)27(22)33/h3-5,10-11,13-14,18,24H,1-2,6-9,12,15-17,19H2,(H,28,32)/t24-/m1/s1. The zero-order valence-corrected chi connectivity index (χ0v) is 19.1. The van der Waals surface area contributed by atoms with Crippen molar-refractivity contribution in [3.63, 3.8) is 0 Å². The van der Waals surface area contributed by atoms with Crippen molar-refractivity contribution in [2.45, 2.75) is 57.5 Å². The van der Waals surface area contributed by atoms with Crippen LogP contribution in [0.1, 0.15) is 66.3 Å². The van der Waals surface area contributed by atoms with Crippen molar-refractivity contribution in [3.8, 4) is 0 Å². The maximum absolute atomic E-state index is 13.1. The van der Waals surface area contributed by atoms with Gasteiger partial charge in [0.2, 0.25) is 0 Å². The second kappa shape index (κ2) is 9.87. The third-order valence-corrected chi connectivity index (χ3v) is 7.05. The number of likely N-dealkylation sites (tertiary alicyclic amines) is 1. The fraction of sp³-hybridized carbons (Fsp3) is 0.444. The van der Waals surface area contributed by atoms with Gasteiger partial charge in [-0.1, -0.05) is 43.2 Å². The van der Waals surface area contributed by atoms with Crippen LogP contribution in [0.2, 0.25) is 0 Å². The van der Waals surface area contributed by atoms with Crippen molar-refractivity contribution in [2.24, 2.45) is 0 Å². The van der Waals surface area contributed by atoms with Crippen LogP contribution in [0, 0.1) is 0 Å². The molecule has 0 spiro atoms. The fourth-order valence-electron chi connectivity index (χ4n) is 5.21. The average molecular weight is 445 g/mol. The van der Waals surface area contributed by atoms with Gasteiger partial charge in [-0.3, -0.25) is 19.1 Å². The number of hydrogen-bond donors (Lipinski definition) is 1. The van der Waals surface area contributed by atoms with Gasteiger partial charge in [0.25, 0.3) is 11.5 Å². The monoisotopic (exact) mass is 444 g/mol. The molecule has 2 aliphatic heterocycles. The Balaban J connectivity index is 1.37. The molecule has 6 heteroatoms. The number of nitrogens with one attached hydrogen (secondary N) is 1. The van der Waals surface area contributed by atoms with E-state index in [1.54, 1.807) is 18.2 Å². The summed E-state index contributed by atoms with van der Waals surface area (Å²) in [5.74, 6) is 0.730. The van der Waals surface area contributed by atoms with Crippen LogP contribution in [-0.2, 0) is 13.0 Å². The normalized spacial score (nSPS) is 17.8. The predicted molar refractivity (Wildman–Crippen MR) is 130 cm³/mol. The molecular weight excluding hydrogens is 412 g/mol. The highest BCUT2D eigenvalue weighted by atomic mass is 16.1. The number of aromatic nitrogens is 2. The number of aryl methyl sites for hydroxylation is 1. The molecular formula is C27H32N4O2. The summed E-state index contributed by atoms with van der Waals surface area (Å²) in [5, 5.41) is 3.74. The van der Waals surface area contributed by atoms with Gasteiger partial charge < -0.3 is 5.32 Å². The topological polar surface area (TPSA) is 67.2 Å². The molecule has 3 heterocycles. The lowest BCUT2D eigenvalue weighted by Crippen LogP contribution is -2.36. The van der Waals surface area contributed by atoms with Crippen molar-refractivity contribution >= 4 is 16.8 Å². The lowest BCUT2D eigenvalue weighted by atomic mass is 10.0. The molecule has 0 aliphatic carbocycles. The van der Waals surface area contributed by atoms with Gasteiger partial charge in [-0.05, 0) is 62.5 Å². The summed E-state index contributed by atoms with van der Waals surface area (Å²) in [6.45, 7) is 3.41. The number of fused-ring (bicyclic) bond motifs is 2. The first-order valence-electron chi connectivity index (χ1n) is 12.3. The minimum Gasteiger partial charge on any atom is -0.350 e. The van der Waals surface area contributed by atoms with Gasteiger partial charge in [-0.25, -0.2) is 4.98 Å². The van der Waals surface area contributed by atoms with E-state index in [2.05, 4.69) is 34.5 Å². The van der Waals surface area contributed by atoms with E-state index >= 15 is 0 Å². The van der Waals surface area contributed by atoms with Crippen LogP contribution in [0.15, 0.2) is 53.3 Å². The van der Waals surface area contributed by atoms with Crippen molar-refractivity contribution in [2.75, 3.05) is 19.6 Å². The molecule has 5 rings (SSSR count). The molecule has 1 saturated heterocycles. The summed E-state index contributed by atoms with van der Waals surface area (Å²) >= 11 is 0. The molecule has 33 heavy (non-hydrogen) atoms. The smallest absolute Gasteiger partial charge is 0.261 e. The van der Waals surface area contributed by atoms with Crippen molar-refractivity contribution in [1.29, 1.82) is 0 Å². The SMILES string of the molecule is O=C(NC[C@H](c1ccccc1)N1CCCC1)c1ccc2c(=O)n3c(nc2c1)CCCCCC3. The molecule has 0 saturated carbocycles. The predicted octanol–water partition coefficient (Wildman–Crippen LogP) is 4.08. The number of rotatable bonds is 5. The van der Waals surface area contributed by atoms with Gasteiger partial charge in [0.1, 0.15) is 5.82 Å². The van der Waals surface area contributed by atoms with Crippen molar-refractivity contribution < 1.29 is 4.79 Å². The average Bonchev–Trinajstić information content (AvgIpc) is 3.35. The van der Waals surface area contributed by atoms with Gasteiger partial charge in [0.05, 0.1) is 16.9 Å². The van der Waals surface area contributed by atoms with E-state index in [0.29, 0.717) is 23.0 Å². The summed E-state index contributed by atoms with van der Waals surface area (Å²) in [7, 11) is 0. The Hall–Kier alpha value is -2.99. The molecule has 3 aromatic rings. The molecule has 6 nitrogen and oxygen atoms in total. The maximum Gasteiger partial charge on any atom is 0.261 e. The van der Waals surface area contributed by atoms with Gasteiger partial charge in [0, 0.05) is 25.1 Å². The molecule has 2 aliphatic rings. The Kier molecular flexibility index (Phi) is 6.53. The van der Waals surface area contributed by atoms with E-state index in [4.69, 9.17) is 4.98 Å². The number of hydrogen-bond acceptors (Lipinski definition) is 4. The Bertz CT molecular complexity index is 1180. The molecule has 1 amide bonds. The van der Waals surface area contributed by atoms with Gasteiger partial charge in [-0.15, -0.1) is 0 Å². The van der Waals surface area contributed by atoms with Crippen molar-refractivity contribution in [3.05, 3.63) is 75.8 Å². The molecule has 172 valence electrons.